The van der Waals surface area contributed by atoms with Gasteiger partial charge in [-0.3, -0.25) is 4.68 Å². The fourth-order valence-electron chi connectivity index (χ4n) is 2.65. The molecule has 0 bridgehead atoms. The molecule has 0 saturated carbocycles. The van der Waals surface area contributed by atoms with Gasteiger partial charge in [0.15, 0.2) is 0 Å². The molecule has 2 aromatic heterocycles. The summed E-state index contributed by atoms with van der Waals surface area (Å²) in [6, 6.07) is 7.59. The molecule has 3 rings (SSSR count). The summed E-state index contributed by atoms with van der Waals surface area (Å²) in [6.07, 6.45) is 0. The molecule has 0 atom stereocenters. The molecule has 0 fully saturated rings. The Bertz CT molecular complexity index is 865. The minimum atomic E-state index is 0.514. The Morgan fingerprint density at radius 2 is 1.88 bits per heavy atom. The topological polar surface area (TPSA) is 62.3 Å². The van der Waals surface area contributed by atoms with Crippen molar-refractivity contribution in [2.45, 2.75) is 27.3 Å². The van der Waals surface area contributed by atoms with Gasteiger partial charge in [-0.25, -0.2) is 4.98 Å². The van der Waals surface area contributed by atoms with Gasteiger partial charge in [0.25, 0.3) is 0 Å². The molecular weight excluding hydrogens is 306 g/mol. The molecule has 0 N–H and O–H groups in total. The van der Waals surface area contributed by atoms with Crippen molar-refractivity contribution >= 4 is 0 Å². The largest absolute Gasteiger partial charge is 0.497 e. The van der Waals surface area contributed by atoms with Crippen LogP contribution >= 0.6 is 0 Å². The SMILES string of the molecule is COc1ccc(OC)c(-c2nc(Cn3nc(C)cc3C)c(C)o2)c1. The molecule has 1 aromatic carbocycles. The Morgan fingerprint density at radius 1 is 1.08 bits per heavy atom. The van der Waals surface area contributed by atoms with Gasteiger partial charge in [0, 0.05) is 5.69 Å². The van der Waals surface area contributed by atoms with E-state index in [1.165, 1.54) is 0 Å². The van der Waals surface area contributed by atoms with Gasteiger partial charge in [-0.1, -0.05) is 0 Å². The highest BCUT2D eigenvalue weighted by molar-refractivity contribution is 5.65. The highest BCUT2D eigenvalue weighted by atomic mass is 16.5. The highest BCUT2D eigenvalue weighted by Crippen LogP contribution is 2.34. The van der Waals surface area contributed by atoms with E-state index in [9.17, 15) is 0 Å². The number of aryl methyl sites for hydroxylation is 3. The maximum absolute atomic E-state index is 5.87. The fourth-order valence-corrected chi connectivity index (χ4v) is 2.65. The lowest BCUT2D eigenvalue weighted by Gasteiger charge is -2.07. The lowest BCUT2D eigenvalue weighted by atomic mass is 10.2. The zero-order valence-corrected chi connectivity index (χ0v) is 14.6. The van der Waals surface area contributed by atoms with E-state index in [4.69, 9.17) is 13.9 Å². The van der Waals surface area contributed by atoms with Crippen molar-refractivity contribution in [3.05, 3.63) is 47.1 Å². The van der Waals surface area contributed by atoms with Crippen molar-refractivity contribution in [2.75, 3.05) is 14.2 Å². The van der Waals surface area contributed by atoms with E-state index in [0.717, 1.165) is 34.2 Å². The number of rotatable bonds is 5. The molecule has 126 valence electrons. The second kappa shape index (κ2) is 6.39. The molecule has 0 aliphatic rings. The minimum absolute atomic E-state index is 0.514. The average molecular weight is 327 g/mol. The van der Waals surface area contributed by atoms with Gasteiger partial charge in [0.1, 0.15) is 23.0 Å². The summed E-state index contributed by atoms with van der Waals surface area (Å²) in [4.78, 5) is 4.65. The van der Waals surface area contributed by atoms with Crippen LogP contribution in [-0.2, 0) is 6.54 Å². The number of hydrogen-bond donors (Lipinski definition) is 0. The highest BCUT2D eigenvalue weighted by Gasteiger charge is 2.17. The van der Waals surface area contributed by atoms with Crippen molar-refractivity contribution in [2.24, 2.45) is 0 Å². The van der Waals surface area contributed by atoms with Crippen LogP contribution in [0.2, 0.25) is 0 Å². The first-order valence-corrected chi connectivity index (χ1v) is 7.71. The van der Waals surface area contributed by atoms with Crippen LogP contribution in [0.25, 0.3) is 11.5 Å². The van der Waals surface area contributed by atoms with Crippen LogP contribution in [0.3, 0.4) is 0 Å². The first-order valence-electron chi connectivity index (χ1n) is 7.71. The smallest absolute Gasteiger partial charge is 0.230 e. The lowest BCUT2D eigenvalue weighted by Crippen LogP contribution is -2.05. The van der Waals surface area contributed by atoms with Crippen molar-refractivity contribution in [3.8, 4) is 23.0 Å². The van der Waals surface area contributed by atoms with Crippen LogP contribution in [0.5, 0.6) is 11.5 Å². The molecule has 0 amide bonds. The van der Waals surface area contributed by atoms with E-state index in [2.05, 4.69) is 10.1 Å². The van der Waals surface area contributed by atoms with Crippen LogP contribution < -0.4 is 9.47 Å². The van der Waals surface area contributed by atoms with Gasteiger partial charge in [-0.2, -0.15) is 5.10 Å². The van der Waals surface area contributed by atoms with Crippen LogP contribution in [0, 0.1) is 20.8 Å². The van der Waals surface area contributed by atoms with Gasteiger partial charge in [-0.15, -0.1) is 0 Å². The van der Waals surface area contributed by atoms with E-state index >= 15 is 0 Å². The number of methoxy groups -OCH3 is 2. The summed E-state index contributed by atoms with van der Waals surface area (Å²) >= 11 is 0. The fraction of sp³-hybridized carbons (Fsp3) is 0.333. The molecule has 0 radical (unpaired) electrons. The van der Waals surface area contributed by atoms with Crippen LogP contribution in [0.1, 0.15) is 22.8 Å². The zero-order valence-electron chi connectivity index (χ0n) is 14.6. The third kappa shape index (κ3) is 2.99. The Labute approximate surface area is 141 Å². The standard InChI is InChI=1S/C18H21N3O3/c1-11-8-12(2)21(20-11)10-16-13(3)24-18(19-16)15-9-14(22-4)6-7-17(15)23-5/h6-9H,10H2,1-5H3. The molecule has 0 aliphatic heterocycles. The van der Waals surface area contributed by atoms with Crippen molar-refractivity contribution in [3.63, 3.8) is 0 Å². The third-order valence-electron chi connectivity index (χ3n) is 3.93. The lowest BCUT2D eigenvalue weighted by molar-refractivity contribution is 0.402. The molecule has 0 spiro atoms. The minimum Gasteiger partial charge on any atom is -0.497 e. The first kappa shape index (κ1) is 16.1. The predicted octanol–water partition coefficient (Wildman–Crippen LogP) is 3.53. The molecule has 3 aromatic rings. The maximum Gasteiger partial charge on any atom is 0.230 e. The summed E-state index contributed by atoms with van der Waals surface area (Å²) in [5.41, 5.74) is 3.69. The molecule has 0 saturated heterocycles. The van der Waals surface area contributed by atoms with Crippen molar-refractivity contribution < 1.29 is 13.9 Å². The van der Waals surface area contributed by atoms with Gasteiger partial charge in [0.05, 0.1) is 32.0 Å². The van der Waals surface area contributed by atoms with E-state index in [0.29, 0.717) is 18.2 Å². The van der Waals surface area contributed by atoms with Crippen LogP contribution in [-0.4, -0.2) is 29.0 Å². The number of ether oxygens (including phenoxy) is 2. The number of oxazole rings is 1. The Kier molecular flexibility index (Phi) is 4.29. The van der Waals surface area contributed by atoms with Gasteiger partial charge in [-0.05, 0) is 45.0 Å². The second-order valence-corrected chi connectivity index (χ2v) is 5.67. The molecule has 2 heterocycles. The molecule has 0 aliphatic carbocycles. The first-order chi connectivity index (χ1) is 11.5. The normalized spacial score (nSPS) is 10.9. The van der Waals surface area contributed by atoms with Gasteiger partial charge in [0.2, 0.25) is 5.89 Å². The summed E-state index contributed by atoms with van der Waals surface area (Å²) < 4.78 is 18.5. The monoisotopic (exact) mass is 327 g/mol. The van der Waals surface area contributed by atoms with Gasteiger partial charge >= 0.3 is 0 Å². The van der Waals surface area contributed by atoms with Crippen molar-refractivity contribution in [1.29, 1.82) is 0 Å². The van der Waals surface area contributed by atoms with Gasteiger partial charge < -0.3 is 13.9 Å². The Hall–Kier alpha value is -2.76. The number of benzene rings is 1. The predicted molar refractivity (Wildman–Crippen MR) is 90.6 cm³/mol. The maximum atomic E-state index is 5.87. The third-order valence-corrected chi connectivity index (χ3v) is 3.93. The number of aromatic nitrogens is 3. The van der Waals surface area contributed by atoms with Crippen LogP contribution in [0.4, 0.5) is 0 Å². The van der Waals surface area contributed by atoms with Crippen LogP contribution in [0.15, 0.2) is 28.7 Å². The van der Waals surface area contributed by atoms with E-state index < -0.39 is 0 Å². The summed E-state index contributed by atoms with van der Waals surface area (Å²) in [5.74, 6) is 2.69. The summed E-state index contributed by atoms with van der Waals surface area (Å²) in [6.45, 7) is 6.48. The molecule has 6 nitrogen and oxygen atoms in total. The van der Waals surface area contributed by atoms with E-state index in [1.807, 2.05) is 49.7 Å². The van der Waals surface area contributed by atoms with E-state index in [-0.39, 0.29) is 0 Å². The second-order valence-electron chi connectivity index (χ2n) is 5.67. The quantitative estimate of drug-likeness (QED) is 0.717. The van der Waals surface area contributed by atoms with E-state index in [1.54, 1.807) is 14.2 Å². The Balaban J connectivity index is 1.98. The number of nitrogens with zero attached hydrogens (tertiary/aromatic N) is 3. The number of hydrogen-bond acceptors (Lipinski definition) is 5. The molecular formula is C18H21N3O3. The van der Waals surface area contributed by atoms with Crippen molar-refractivity contribution in [1.82, 2.24) is 14.8 Å². The summed E-state index contributed by atoms with van der Waals surface area (Å²) in [5, 5.41) is 4.48. The average Bonchev–Trinajstić information content (AvgIpc) is 3.09. The zero-order chi connectivity index (χ0) is 17.3. The molecule has 6 heteroatoms. The Morgan fingerprint density at radius 3 is 2.50 bits per heavy atom. The summed E-state index contributed by atoms with van der Waals surface area (Å²) in [7, 11) is 3.25. The molecule has 0 unspecified atom stereocenters. The molecule has 24 heavy (non-hydrogen) atoms.